The van der Waals surface area contributed by atoms with Crippen molar-refractivity contribution in [2.45, 2.75) is 24.9 Å². The molecule has 2 atom stereocenters. The fourth-order valence-electron chi connectivity index (χ4n) is 4.34. The maximum atomic E-state index is 11.0. The Kier molecular flexibility index (Phi) is 5.34. The SMILES string of the molecule is C=C(N)C1=CC2NC(c3c(O)c(-c4ccc(CCc5ccccc5)cc4)nn3C)=NC2C=C1. The van der Waals surface area contributed by atoms with Gasteiger partial charge in [0.25, 0.3) is 0 Å². The monoisotopic (exact) mass is 437 g/mol. The molecule has 1 aliphatic heterocycles. The van der Waals surface area contributed by atoms with Gasteiger partial charge < -0.3 is 16.2 Å². The summed E-state index contributed by atoms with van der Waals surface area (Å²) in [6.07, 6.45) is 7.92. The average molecular weight is 438 g/mol. The van der Waals surface area contributed by atoms with Crippen LogP contribution in [0.4, 0.5) is 0 Å². The summed E-state index contributed by atoms with van der Waals surface area (Å²) in [5, 5.41) is 19.0. The van der Waals surface area contributed by atoms with E-state index in [1.807, 2.05) is 43.5 Å². The molecule has 0 radical (unpaired) electrons. The second kappa shape index (κ2) is 8.47. The van der Waals surface area contributed by atoms with E-state index in [0.717, 1.165) is 24.0 Å². The molecular formula is C27H27N5O. The number of aromatic hydroxyl groups is 1. The van der Waals surface area contributed by atoms with Crippen molar-refractivity contribution < 1.29 is 5.11 Å². The molecule has 0 saturated carbocycles. The van der Waals surface area contributed by atoms with Crippen LogP contribution in [-0.4, -0.2) is 32.8 Å². The highest BCUT2D eigenvalue weighted by molar-refractivity contribution is 6.03. The van der Waals surface area contributed by atoms with Gasteiger partial charge in [-0.15, -0.1) is 0 Å². The number of allylic oxidation sites excluding steroid dienone is 1. The van der Waals surface area contributed by atoms with Gasteiger partial charge in [0.05, 0.1) is 12.1 Å². The maximum absolute atomic E-state index is 11.0. The molecule has 0 bridgehead atoms. The van der Waals surface area contributed by atoms with Gasteiger partial charge in [-0.25, -0.2) is 0 Å². The van der Waals surface area contributed by atoms with Gasteiger partial charge in [-0.1, -0.05) is 79.4 Å². The molecule has 0 fully saturated rings. The topological polar surface area (TPSA) is 88.5 Å². The summed E-state index contributed by atoms with van der Waals surface area (Å²) < 4.78 is 1.67. The van der Waals surface area contributed by atoms with Crippen molar-refractivity contribution in [3.8, 4) is 17.0 Å². The number of benzene rings is 2. The maximum Gasteiger partial charge on any atom is 0.173 e. The minimum Gasteiger partial charge on any atom is -0.504 e. The van der Waals surface area contributed by atoms with Crippen molar-refractivity contribution >= 4 is 5.84 Å². The lowest BCUT2D eigenvalue weighted by Gasteiger charge is -2.18. The molecule has 0 spiro atoms. The quantitative estimate of drug-likeness (QED) is 0.549. The van der Waals surface area contributed by atoms with Gasteiger partial charge in [0.2, 0.25) is 0 Å². The van der Waals surface area contributed by atoms with E-state index in [9.17, 15) is 5.11 Å². The molecule has 0 amide bonds. The first-order valence-electron chi connectivity index (χ1n) is 11.1. The normalized spacial score (nSPS) is 18.9. The molecule has 2 aliphatic rings. The molecular weight excluding hydrogens is 410 g/mol. The minimum atomic E-state index is -0.0512. The summed E-state index contributed by atoms with van der Waals surface area (Å²) in [6.45, 7) is 3.81. The first-order valence-corrected chi connectivity index (χ1v) is 11.1. The lowest BCUT2D eigenvalue weighted by molar-refractivity contribution is 0.474. The first-order chi connectivity index (χ1) is 16.0. The molecule has 2 heterocycles. The molecule has 1 aliphatic carbocycles. The Morgan fingerprint density at radius 1 is 1.09 bits per heavy atom. The van der Waals surface area contributed by atoms with Gasteiger partial charge in [-0.3, -0.25) is 9.67 Å². The summed E-state index contributed by atoms with van der Waals surface area (Å²) in [4.78, 5) is 4.75. The zero-order valence-electron chi connectivity index (χ0n) is 18.6. The Morgan fingerprint density at radius 3 is 2.48 bits per heavy atom. The van der Waals surface area contributed by atoms with E-state index in [1.54, 1.807) is 4.68 Å². The highest BCUT2D eigenvalue weighted by atomic mass is 16.3. The van der Waals surface area contributed by atoms with Crippen LogP contribution in [0.5, 0.6) is 5.75 Å². The lowest BCUT2D eigenvalue weighted by Crippen LogP contribution is -2.35. The number of hydrogen-bond donors (Lipinski definition) is 3. The van der Waals surface area contributed by atoms with Crippen LogP contribution in [0.1, 0.15) is 16.8 Å². The van der Waals surface area contributed by atoms with Crippen molar-refractivity contribution in [1.82, 2.24) is 15.1 Å². The molecule has 33 heavy (non-hydrogen) atoms. The van der Waals surface area contributed by atoms with E-state index in [0.29, 0.717) is 22.9 Å². The lowest BCUT2D eigenvalue weighted by atomic mass is 9.98. The summed E-state index contributed by atoms with van der Waals surface area (Å²) >= 11 is 0. The Morgan fingerprint density at radius 2 is 1.79 bits per heavy atom. The van der Waals surface area contributed by atoms with E-state index in [-0.39, 0.29) is 17.8 Å². The van der Waals surface area contributed by atoms with Crippen LogP contribution in [-0.2, 0) is 19.9 Å². The molecule has 2 aromatic carbocycles. The number of aliphatic imine (C=N–C) groups is 1. The number of amidine groups is 1. The standard InChI is InChI=1S/C27H27N5O/c1-17(28)21-14-15-22-23(16-21)30-27(29-22)25-26(33)24(31-32(25)2)20-12-10-19(11-13-20)9-8-18-6-4-3-5-7-18/h3-7,10-16,22-23,33H,1,8-9,28H2,2H3,(H,29,30). The van der Waals surface area contributed by atoms with Gasteiger partial charge in [-0.2, -0.15) is 5.10 Å². The second-order valence-corrected chi connectivity index (χ2v) is 8.50. The number of aryl methyl sites for hydroxylation is 3. The number of nitrogens with one attached hydrogen (secondary N) is 1. The fourth-order valence-corrected chi connectivity index (χ4v) is 4.34. The predicted octanol–water partition coefficient (Wildman–Crippen LogP) is 3.63. The third-order valence-electron chi connectivity index (χ3n) is 6.17. The molecule has 5 rings (SSSR count). The van der Waals surface area contributed by atoms with Crippen molar-refractivity contribution in [3.05, 3.63) is 107 Å². The van der Waals surface area contributed by atoms with Gasteiger partial charge >= 0.3 is 0 Å². The molecule has 2 unspecified atom stereocenters. The van der Waals surface area contributed by atoms with Crippen molar-refractivity contribution in [1.29, 1.82) is 0 Å². The molecule has 166 valence electrons. The van der Waals surface area contributed by atoms with Crippen LogP contribution in [0.25, 0.3) is 11.3 Å². The molecule has 6 heteroatoms. The van der Waals surface area contributed by atoms with E-state index >= 15 is 0 Å². The largest absolute Gasteiger partial charge is 0.504 e. The highest BCUT2D eigenvalue weighted by Crippen LogP contribution is 2.33. The number of aromatic nitrogens is 2. The van der Waals surface area contributed by atoms with Crippen molar-refractivity contribution in [3.63, 3.8) is 0 Å². The molecule has 3 aromatic rings. The van der Waals surface area contributed by atoms with Crippen LogP contribution in [0, 0.1) is 0 Å². The Hall–Kier alpha value is -4.06. The van der Waals surface area contributed by atoms with Crippen LogP contribution < -0.4 is 11.1 Å². The summed E-state index contributed by atoms with van der Waals surface area (Å²) in [5.41, 5.74) is 11.8. The first kappa shape index (κ1) is 20.8. The van der Waals surface area contributed by atoms with Gasteiger partial charge in [0.1, 0.15) is 11.4 Å². The zero-order valence-corrected chi connectivity index (χ0v) is 18.6. The predicted molar refractivity (Wildman–Crippen MR) is 132 cm³/mol. The van der Waals surface area contributed by atoms with Crippen molar-refractivity contribution in [2.24, 2.45) is 17.8 Å². The van der Waals surface area contributed by atoms with E-state index < -0.39 is 0 Å². The Balaban J connectivity index is 1.34. The number of rotatable bonds is 6. The van der Waals surface area contributed by atoms with E-state index in [4.69, 9.17) is 10.7 Å². The third kappa shape index (κ3) is 4.07. The molecule has 1 aromatic heterocycles. The van der Waals surface area contributed by atoms with Crippen LogP contribution in [0.2, 0.25) is 0 Å². The summed E-state index contributed by atoms with van der Waals surface area (Å²) in [5.74, 6) is 0.740. The Bertz CT molecular complexity index is 1280. The second-order valence-electron chi connectivity index (χ2n) is 8.50. The number of hydrogen-bond acceptors (Lipinski definition) is 5. The smallest absolute Gasteiger partial charge is 0.173 e. The van der Waals surface area contributed by atoms with Crippen LogP contribution in [0.3, 0.4) is 0 Å². The number of nitrogens with zero attached hydrogens (tertiary/aromatic N) is 3. The van der Waals surface area contributed by atoms with Gasteiger partial charge in [-0.05, 0) is 29.5 Å². The molecule has 6 nitrogen and oxygen atoms in total. The fraction of sp³-hybridized carbons (Fsp3) is 0.185. The van der Waals surface area contributed by atoms with Crippen LogP contribution in [0.15, 0.2) is 95.7 Å². The Labute approximate surface area is 193 Å². The number of fused-ring (bicyclic) bond motifs is 1. The van der Waals surface area contributed by atoms with Gasteiger partial charge in [0, 0.05) is 18.3 Å². The zero-order chi connectivity index (χ0) is 22.9. The van der Waals surface area contributed by atoms with Crippen molar-refractivity contribution in [2.75, 3.05) is 0 Å². The minimum absolute atomic E-state index is 0.0260. The van der Waals surface area contributed by atoms with E-state index in [2.05, 4.69) is 53.4 Å². The molecule has 0 saturated heterocycles. The molecule has 4 N–H and O–H groups in total. The summed E-state index contributed by atoms with van der Waals surface area (Å²) in [7, 11) is 1.82. The summed E-state index contributed by atoms with van der Waals surface area (Å²) in [6, 6.07) is 18.6. The third-order valence-corrected chi connectivity index (χ3v) is 6.17. The number of nitrogens with two attached hydrogens (primary N) is 1. The van der Waals surface area contributed by atoms with Crippen LogP contribution >= 0.6 is 0 Å². The van der Waals surface area contributed by atoms with E-state index in [1.165, 1.54) is 11.1 Å². The van der Waals surface area contributed by atoms with Gasteiger partial charge in [0.15, 0.2) is 11.6 Å². The highest BCUT2D eigenvalue weighted by Gasteiger charge is 2.32. The average Bonchev–Trinajstić information content (AvgIpc) is 3.37.